The Balaban J connectivity index is 1.78. The number of hydrogen-bond acceptors (Lipinski definition) is 6. The fraction of sp³-hybridized carbons (Fsp3) is 0.606. The molecule has 4 rings (SSSR count). The third kappa shape index (κ3) is 5.37. The molecule has 3 heterocycles. The van der Waals surface area contributed by atoms with E-state index in [9.17, 15) is 19.5 Å². The molecular weight excluding hydrogens is 520 g/mol. The molecule has 3 saturated heterocycles. The lowest BCUT2D eigenvalue weighted by molar-refractivity contribution is -0.164. The quantitative estimate of drug-likeness (QED) is 0.192. The highest BCUT2D eigenvalue weighted by Gasteiger charge is 2.80. The van der Waals surface area contributed by atoms with Crippen molar-refractivity contribution in [3.63, 3.8) is 0 Å². The van der Waals surface area contributed by atoms with Gasteiger partial charge in [0.25, 0.3) is 0 Å². The maximum Gasteiger partial charge on any atom is 0.312 e. The van der Waals surface area contributed by atoms with Gasteiger partial charge in [-0.3, -0.25) is 14.4 Å². The Labute approximate surface area is 244 Å². The Hall–Kier alpha value is -2.97. The maximum absolute atomic E-state index is 14.6. The number of allylic oxidation sites excluding steroid dienone is 1. The molecule has 0 aliphatic carbocycles. The van der Waals surface area contributed by atoms with Gasteiger partial charge in [0.05, 0.1) is 30.8 Å². The number of aliphatic hydroxyl groups excluding tert-OH is 1. The van der Waals surface area contributed by atoms with Gasteiger partial charge in [-0.25, -0.2) is 0 Å². The van der Waals surface area contributed by atoms with Crippen LogP contribution in [0, 0.1) is 17.8 Å². The molecule has 2 amide bonds. The van der Waals surface area contributed by atoms with E-state index in [0.717, 1.165) is 31.2 Å². The summed E-state index contributed by atoms with van der Waals surface area (Å²) in [7, 11) is 0. The number of hydrogen-bond donors (Lipinski definition) is 1. The van der Waals surface area contributed by atoms with Crippen molar-refractivity contribution in [1.82, 2.24) is 9.80 Å². The minimum Gasteiger partial charge on any atom is -0.465 e. The van der Waals surface area contributed by atoms with Gasteiger partial charge in [-0.1, -0.05) is 62.8 Å². The van der Waals surface area contributed by atoms with Gasteiger partial charge in [-0.15, -0.1) is 13.2 Å². The molecule has 1 aromatic rings. The van der Waals surface area contributed by atoms with E-state index >= 15 is 0 Å². The lowest BCUT2D eigenvalue weighted by Gasteiger charge is -2.39. The first-order chi connectivity index (χ1) is 19.7. The first-order valence-corrected chi connectivity index (χ1v) is 15.1. The number of fused-ring (bicyclic) bond motifs is 1. The molecule has 7 atom stereocenters. The van der Waals surface area contributed by atoms with E-state index in [2.05, 4.69) is 20.1 Å². The molecular formula is C33H46N2O6. The number of ether oxygens (including phenoxy) is 2. The summed E-state index contributed by atoms with van der Waals surface area (Å²) in [4.78, 5) is 46.1. The number of esters is 1. The third-order valence-corrected chi connectivity index (χ3v) is 9.42. The maximum atomic E-state index is 14.6. The van der Waals surface area contributed by atoms with Gasteiger partial charge in [0.2, 0.25) is 11.8 Å². The minimum absolute atomic E-state index is 0.0899. The largest absolute Gasteiger partial charge is 0.465 e. The summed E-state index contributed by atoms with van der Waals surface area (Å²) in [6.07, 6.45) is 8.07. The predicted molar refractivity (Wildman–Crippen MR) is 157 cm³/mol. The Morgan fingerprint density at radius 1 is 1.22 bits per heavy atom. The third-order valence-electron chi connectivity index (χ3n) is 9.42. The van der Waals surface area contributed by atoms with Crippen LogP contribution < -0.4 is 0 Å². The molecule has 0 aromatic heterocycles. The Morgan fingerprint density at radius 2 is 1.95 bits per heavy atom. The summed E-state index contributed by atoms with van der Waals surface area (Å²) in [5, 5.41) is 10.7. The first-order valence-electron chi connectivity index (χ1n) is 15.1. The molecule has 3 unspecified atom stereocenters. The van der Waals surface area contributed by atoms with Crippen LogP contribution in [0.15, 0.2) is 55.6 Å². The number of nitrogens with zero attached hydrogens (tertiary/aromatic N) is 2. The number of rotatable bonds is 15. The van der Waals surface area contributed by atoms with Gasteiger partial charge in [-0.2, -0.15) is 0 Å². The Morgan fingerprint density at radius 3 is 2.59 bits per heavy atom. The average Bonchev–Trinajstić information content (AvgIpc) is 3.48. The van der Waals surface area contributed by atoms with E-state index in [1.54, 1.807) is 11.0 Å². The molecule has 224 valence electrons. The van der Waals surface area contributed by atoms with E-state index in [1.807, 2.05) is 50.3 Å². The molecule has 0 radical (unpaired) electrons. The lowest BCUT2D eigenvalue weighted by Crippen LogP contribution is -2.57. The zero-order valence-electron chi connectivity index (χ0n) is 24.8. The summed E-state index contributed by atoms with van der Waals surface area (Å²) >= 11 is 0. The molecule has 3 aliphatic rings. The zero-order chi connectivity index (χ0) is 29.8. The molecule has 8 heteroatoms. The van der Waals surface area contributed by atoms with Crippen LogP contribution in [0.1, 0.15) is 70.9 Å². The fourth-order valence-electron chi connectivity index (χ4n) is 7.30. The molecule has 1 N–H and O–H groups in total. The number of carbonyl (C=O) groups is 3. The second kappa shape index (κ2) is 12.9. The summed E-state index contributed by atoms with van der Waals surface area (Å²) in [6.45, 7) is 14.3. The van der Waals surface area contributed by atoms with Crippen LogP contribution in [0.3, 0.4) is 0 Å². The van der Waals surface area contributed by atoms with E-state index < -0.39 is 41.1 Å². The smallest absolute Gasteiger partial charge is 0.312 e. The van der Waals surface area contributed by atoms with Crippen molar-refractivity contribution in [2.24, 2.45) is 17.8 Å². The van der Waals surface area contributed by atoms with Crippen molar-refractivity contribution >= 4 is 17.8 Å². The first kappa shape index (κ1) is 31.0. The topological polar surface area (TPSA) is 96.4 Å². The van der Waals surface area contributed by atoms with Crippen LogP contribution in [0.25, 0.3) is 0 Å². The SMILES string of the molecule is C=CCCCCOC(=O)[C@H]1[C@H]2C(=O)N([C@H](CO)c3ccccc3)C(C(=O)N(CC=C)CCCC)C23CC(C)[C@]1(C)O3. The van der Waals surface area contributed by atoms with Gasteiger partial charge >= 0.3 is 5.97 Å². The molecule has 8 nitrogen and oxygen atoms in total. The fourth-order valence-corrected chi connectivity index (χ4v) is 7.30. The van der Waals surface area contributed by atoms with Crippen molar-refractivity contribution < 1.29 is 29.0 Å². The highest BCUT2D eigenvalue weighted by molar-refractivity contribution is 5.99. The van der Waals surface area contributed by atoms with Crippen molar-refractivity contribution in [2.45, 2.75) is 82.6 Å². The molecule has 2 bridgehead atoms. The van der Waals surface area contributed by atoms with Crippen LogP contribution >= 0.6 is 0 Å². The van der Waals surface area contributed by atoms with Crippen LogP contribution in [0.4, 0.5) is 0 Å². The van der Waals surface area contributed by atoms with Gasteiger partial charge < -0.3 is 24.4 Å². The zero-order valence-corrected chi connectivity index (χ0v) is 24.8. The summed E-state index contributed by atoms with van der Waals surface area (Å²) in [5.41, 5.74) is -1.43. The predicted octanol–water partition coefficient (Wildman–Crippen LogP) is 4.44. The van der Waals surface area contributed by atoms with Gasteiger partial charge in [-0.05, 0) is 50.5 Å². The summed E-state index contributed by atoms with van der Waals surface area (Å²) in [5.74, 6) is -2.86. The Kier molecular flexibility index (Phi) is 9.75. The minimum atomic E-state index is -1.21. The number of carbonyl (C=O) groups excluding carboxylic acids is 3. The van der Waals surface area contributed by atoms with Gasteiger partial charge in [0.1, 0.15) is 17.6 Å². The molecule has 1 spiro atoms. The molecule has 41 heavy (non-hydrogen) atoms. The van der Waals surface area contributed by atoms with E-state index in [1.165, 1.54) is 4.90 Å². The van der Waals surface area contributed by atoms with Crippen LogP contribution in [0.5, 0.6) is 0 Å². The summed E-state index contributed by atoms with van der Waals surface area (Å²) in [6, 6.07) is 7.48. The average molecular weight is 567 g/mol. The van der Waals surface area contributed by atoms with Crippen LogP contribution in [-0.2, 0) is 23.9 Å². The number of benzene rings is 1. The lowest BCUT2D eigenvalue weighted by atomic mass is 9.62. The van der Waals surface area contributed by atoms with Crippen molar-refractivity contribution in [2.75, 3.05) is 26.3 Å². The van der Waals surface area contributed by atoms with Crippen molar-refractivity contribution in [3.05, 3.63) is 61.2 Å². The van der Waals surface area contributed by atoms with E-state index in [4.69, 9.17) is 9.47 Å². The standard InChI is InChI=1S/C33H46N2O6/c1-6-9-11-15-20-40-31(39)27-26-29(37)35(25(22-36)24-16-13-12-14-17-24)28(30(38)34(18-8-3)19-10-7-2)33(26)21-23(4)32(27,5)41-33/h6,8,12-14,16-17,23,25-28,36H,1,3,7,9-11,15,18-22H2,2,4-5H3/t23?,25-,26+,27-,28?,32+,33?/m1/s1. The van der Waals surface area contributed by atoms with Crippen LogP contribution in [-0.4, -0.2) is 76.2 Å². The molecule has 3 aliphatic heterocycles. The number of aliphatic hydroxyl groups is 1. The molecule has 3 fully saturated rings. The highest BCUT2D eigenvalue weighted by Crippen LogP contribution is 2.66. The second-order valence-corrected chi connectivity index (χ2v) is 11.9. The molecule has 1 aromatic carbocycles. The highest BCUT2D eigenvalue weighted by atomic mass is 16.6. The monoisotopic (exact) mass is 566 g/mol. The molecule has 0 saturated carbocycles. The van der Waals surface area contributed by atoms with Gasteiger partial charge in [0.15, 0.2) is 0 Å². The number of unbranched alkanes of at least 4 members (excludes halogenated alkanes) is 3. The van der Waals surface area contributed by atoms with Crippen molar-refractivity contribution in [3.8, 4) is 0 Å². The summed E-state index contributed by atoms with van der Waals surface area (Å²) < 4.78 is 12.6. The van der Waals surface area contributed by atoms with E-state index in [0.29, 0.717) is 25.9 Å². The van der Waals surface area contributed by atoms with Crippen molar-refractivity contribution in [1.29, 1.82) is 0 Å². The number of likely N-dealkylation sites (tertiary alicyclic amines) is 1. The normalized spacial score (nSPS) is 30.6. The van der Waals surface area contributed by atoms with Crippen LogP contribution in [0.2, 0.25) is 0 Å². The van der Waals surface area contributed by atoms with E-state index in [-0.39, 0.29) is 30.9 Å². The second-order valence-electron chi connectivity index (χ2n) is 11.9. The Bertz CT molecular complexity index is 1120. The van der Waals surface area contributed by atoms with Gasteiger partial charge in [0, 0.05) is 13.1 Å². The number of amides is 2.